The normalized spacial score (nSPS) is 25.7. The molecule has 2 atom stereocenters. The average molecular weight is 305 g/mol. The predicted octanol–water partition coefficient (Wildman–Crippen LogP) is 2.62. The summed E-state index contributed by atoms with van der Waals surface area (Å²) in [6, 6.07) is 5.86. The molecule has 4 heteroatoms. The fourth-order valence-corrected chi connectivity index (χ4v) is 2.70. The molecule has 1 fully saturated rings. The summed E-state index contributed by atoms with van der Waals surface area (Å²) in [6.07, 6.45) is 1.44. The van der Waals surface area contributed by atoms with Gasteiger partial charge in [0.1, 0.15) is 0 Å². The number of rotatable bonds is 2. The minimum absolute atomic E-state index is 0.212. The van der Waals surface area contributed by atoms with Crippen molar-refractivity contribution >= 4 is 27.5 Å². The highest BCUT2D eigenvalue weighted by molar-refractivity contribution is 9.10. The van der Waals surface area contributed by atoms with Crippen LogP contribution < -0.4 is 5.32 Å². The molecule has 1 saturated heterocycles. The van der Waals surface area contributed by atoms with E-state index in [1.807, 2.05) is 18.2 Å². The lowest BCUT2D eigenvalue weighted by molar-refractivity contribution is 0.0791. The maximum absolute atomic E-state index is 9.90. The van der Waals surface area contributed by atoms with Gasteiger partial charge in [-0.2, -0.15) is 0 Å². The maximum atomic E-state index is 9.90. The minimum Gasteiger partial charge on any atom is -0.393 e. The van der Waals surface area contributed by atoms with E-state index < -0.39 is 0 Å². The Bertz CT molecular complexity index is 372. The number of aliphatic hydroxyl groups excluding tert-OH is 1. The number of piperidine rings is 1. The van der Waals surface area contributed by atoms with E-state index in [0.717, 1.165) is 41.0 Å². The number of benzene rings is 1. The van der Waals surface area contributed by atoms with Crippen LogP contribution in [0.3, 0.4) is 0 Å². The van der Waals surface area contributed by atoms with Crippen LogP contribution in [0.2, 0.25) is 5.02 Å². The van der Waals surface area contributed by atoms with Gasteiger partial charge < -0.3 is 10.4 Å². The summed E-state index contributed by atoms with van der Waals surface area (Å²) in [5.41, 5.74) is 1.10. The number of hydrogen-bond acceptors (Lipinski definition) is 2. The summed E-state index contributed by atoms with van der Waals surface area (Å²) in [5, 5.41) is 14.0. The highest BCUT2D eigenvalue weighted by Crippen LogP contribution is 2.25. The minimum atomic E-state index is -0.212. The molecule has 0 aromatic heterocycles. The van der Waals surface area contributed by atoms with Crippen molar-refractivity contribution in [2.75, 3.05) is 13.1 Å². The Morgan fingerprint density at radius 3 is 3.06 bits per heavy atom. The lowest BCUT2D eigenvalue weighted by Gasteiger charge is -2.28. The molecular formula is C12H15BrClNO. The topological polar surface area (TPSA) is 32.3 Å². The van der Waals surface area contributed by atoms with Crippen molar-refractivity contribution in [2.45, 2.75) is 18.9 Å². The smallest absolute Gasteiger partial charge is 0.0595 e. The van der Waals surface area contributed by atoms with Crippen molar-refractivity contribution in [3.8, 4) is 0 Å². The molecule has 88 valence electrons. The van der Waals surface area contributed by atoms with E-state index in [0.29, 0.717) is 0 Å². The number of aliphatic hydroxyl groups is 1. The fourth-order valence-electron chi connectivity index (χ4n) is 2.10. The predicted molar refractivity (Wildman–Crippen MR) is 69.8 cm³/mol. The third-order valence-electron chi connectivity index (χ3n) is 3.06. The van der Waals surface area contributed by atoms with Crippen LogP contribution in [0.1, 0.15) is 12.0 Å². The second kappa shape index (κ2) is 5.50. The summed E-state index contributed by atoms with van der Waals surface area (Å²) in [4.78, 5) is 0. The summed E-state index contributed by atoms with van der Waals surface area (Å²) in [7, 11) is 0. The number of halogens is 2. The standard InChI is InChI=1S/C12H15BrClNO/c13-10-1-2-11(14)8(6-10)5-9-7-15-4-3-12(9)16/h1-2,6,9,12,15-16H,3-5,7H2/t9-,12-/m1/s1. The zero-order chi connectivity index (χ0) is 11.5. The zero-order valence-electron chi connectivity index (χ0n) is 8.92. The third kappa shape index (κ3) is 2.98. The van der Waals surface area contributed by atoms with E-state index >= 15 is 0 Å². The molecule has 0 saturated carbocycles. The molecule has 2 N–H and O–H groups in total. The molecular weight excluding hydrogens is 289 g/mol. The van der Waals surface area contributed by atoms with E-state index in [4.69, 9.17) is 11.6 Å². The van der Waals surface area contributed by atoms with Crippen molar-refractivity contribution in [3.05, 3.63) is 33.3 Å². The first-order valence-electron chi connectivity index (χ1n) is 5.49. The Hall–Kier alpha value is -0.0900. The highest BCUT2D eigenvalue weighted by atomic mass is 79.9. The average Bonchev–Trinajstić information content (AvgIpc) is 2.27. The Kier molecular flexibility index (Phi) is 4.25. The van der Waals surface area contributed by atoms with Crippen molar-refractivity contribution in [2.24, 2.45) is 5.92 Å². The summed E-state index contributed by atoms with van der Waals surface area (Å²) in [5.74, 6) is 0.264. The van der Waals surface area contributed by atoms with Gasteiger partial charge in [0.25, 0.3) is 0 Å². The van der Waals surface area contributed by atoms with Gasteiger partial charge in [-0.05, 0) is 43.1 Å². The third-order valence-corrected chi connectivity index (χ3v) is 3.92. The van der Waals surface area contributed by atoms with Crippen LogP contribution in [0.25, 0.3) is 0 Å². The van der Waals surface area contributed by atoms with E-state index in [1.165, 1.54) is 0 Å². The second-order valence-electron chi connectivity index (χ2n) is 4.26. The Morgan fingerprint density at radius 2 is 2.31 bits per heavy atom. The van der Waals surface area contributed by atoms with Gasteiger partial charge in [-0.15, -0.1) is 0 Å². The Morgan fingerprint density at radius 1 is 1.50 bits per heavy atom. The molecule has 0 radical (unpaired) electrons. The van der Waals surface area contributed by atoms with Gasteiger partial charge in [-0.1, -0.05) is 27.5 Å². The largest absolute Gasteiger partial charge is 0.393 e. The van der Waals surface area contributed by atoms with E-state index in [2.05, 4.69) is 21.2 Å². The lowest BCUT2D eigenvalue weighted by Crippen LogP contribution is -2.40. The fraction of sp³-hybridized carbons (Fsp3) is 0.500. The van der Waals surface area contributed by atoms with Gasteiger partial charge in [-0.25, -0.2) is 0 Å². The Balaban J connectivity index is 2.10. The molecule has 0 bridgehead atoms. The molecule has 0 spiro atoms. The summed E-state index contributed by atoms with van der Waals surface area (Å²) in [6.45, 7) is 1.77. The van der Waals surface area contributed by atoms with Crippen LogP contribution in [0.15, 0.2) is 22.7 Å². The molecule has 16 heavy (non-hydrogen) atoms. The van der Waals surface area contributed by atoms with Crippen molar-refractivity contribution in [1.82, 2.24) is 5.32 Å². The van der Waals surface area contributed by atoms with Gasteiger partial charge in [0.05, 0.1) is 6.10 Å². The number of hydrogen-bond donors (Lipinski definition) is 2. The van der Waals surface area contributed by atoms with Crippen LogP contribution >= 0.6 is 27.5 Å². The van der Waals surface area contributed by atoms with E-state index in [-0.39, 0.29) is 12.0 Å². The molecule has 0 amide bonds. The molecule has 1 aliphatic heterocycles. The molecule has 2 nitrogen and oxygen atoms in total. The molecule has 1 aliphatic rings. The molecule has 1 aromatic rings. The van der Waals surface area contributed by atoms with Gasteiger partial charge >= 0.3 is 0 Å². The van der Waals surface area contributed by atoms with Crippen molar-refractivity contribution < 1.29 is 5.11 Å². The first kappa shape index (κ1) is 12.4. The van der Waals surface area contributed by atoms with Crippen LogP contribution in [0.5, 0.6) is 0 Å². The quantitative estimate of drug-likeness (QED) is 0.880. The van der Waals surface area contributed by atoms with Crippen LogP contribution in [0.4, 0.5) is 0 Å². The molecule has 1 aromatic carbocycles. The SMILES string of the molecule is O[C@@H]1CCNC[C@H]1Cc1cc(Br)ccc1Cl. The van der Waals surface area contributed by atoms with Crippen molar-refractivity contribution in [3.63, 3.8) is 0 Å². The second-order valence-corrected chi connectivity index (χ2v) is 5.58. The van der Waals surface area contributed by atoms with Gasteiger partial charge in [0.2, 0.25) is 0 Å². The highest BCUT2D eigenvalue weighted by Gasteiger charge is 2.23. The Labute approximate surface area is 109 Å². The first-order valence-corrected chi connectivity index (χ1v) is 6.66. The number of nitrogens with one attached hydrogen (secondary N) is 1. The summed E-state index contributed by atoms with van der Waals surface area (Å²) >= 11 is 9.58. The molecule has 1 heterocycles. The molecule has 0 unspecified atom stereocenters. The summed E-state index contributed by atoms with van der Waals surface area (Å²) < 4.78 is 1.03. The van der Waals surface area contributed by atoms with Gasteiger partial charge in [0, 0.05) is 22.0 Å². The van der Waals surface area contributed by atoms with Crippen LogP contribution in [-0.4, -0.2) is 24.3 Å². The van der Waals surface area contributed by atoms with Crippen LogP contribution in [-0.2, 0) is 6.42 Å². The van der Waals surface area contributed by atoms with Gasteiger partial charge in [0.15, 0.2) is 0 Å². The zero-order valence-corrected chi connectivity index (χ0v) is 11.3. The molecule has 0 aliphatic carbocycles. The van der Waals surface area contributed by atoms with Crippen molar-refractivity contribution in [1.29, 1.82) is 0 Å². The van der Waals surface area contributed by atoms with Gasteiger partial charge in [-0.3, -0.25) is 0 Å². The van der Waals surface area contributed by atoms with E-state index in [1.54, 1.807) is 0 Å². The maximum Gasteiger partial charge on any atom is 0.0595 e. The first-order chi connectivity index (χ1) is 7.66. The molecule has 2 rings (SSSR count). The van der Waals surface area contributed by atoms with E-state index in [9.17, 15) is 5.11 Å². The monoisotopic (exact) mass is 303 g/mol. The van der Waals surface area contributed by atoms with Crippen LogP contribution in [0, 0.1) is 5.92 Å². The lowest BCUT2D eigenvalue weighted by atomic mass is 9.90.